The highest BCUT2D eigenvalue weighted by Crippen LogP contribution is 2.33. The number of nitrogens with one attached hydrogen (secondary N) is 1. The van der Waals surface area contributed by atoms with Crippen molar-refractivity contribution in [3.63, 3.8) is 0 Å². The molecule has 2 rings (SSSR count). The highest BCUT2D eigenvalue weighted by Gasteiger charge is 2.32. The summed E-state index contributed by atoms with van der Waals surface area (Å²) in [5.74, 6) is 0.780. The number of amides is 1. The van der Waals surface area contributed by atoms with Gasteiger partial charge in [0.2, 0.25) is 5.91 Å². The second-order valence-electron chi connectivity index (χ2n) is 5.49. The van der Waals surface area contributed by atoms with Gasteiger partial charge in [-0.15, -0.1) is 0 Å². The molecular weight excluding hydrogens is 216 g/mol. The molecule has 0 aromatic rings. The van der Waals surface area contributed by atoms with Crippen LogP contribution in [0.4, 0.5) is 0 Å². The third-order valence-corrected chi connectivity index (χ3v) is 3.90. The van der Waals surface area contributed by atoms with Crippen molar-refractivity contribution >= 4 is 11.7 Å². The van der Waals surface area contributed by atoms with E-state index in [1.165, 1.54) is 12.8 Å². The van der Waals surface area contributed by atoms with Crippen molar-refractivity contribution in [1.29, 1.82) is 0 Å². The quantitative estimate of drug-likeness (QED) is 0.776. The molecule has 1 aliphatic heterocycles. The Morgan fingerprint density at radius 1 is 1.35 bits per heavy atom. The van der Waals surface area contributed by atoms with Crippen molar-refractivity contribution < 1.29 is 9.59 Å². The maximum atomic E-state index is 12.1. The van der Waals surface area contributed by atoms with Crippen molar-refractivity contribution in [3.8, 4) is 0 Å². The van der Waals surface area contributed by atoms with E-state index >= 15 is 0 Å². The van der Waals surface area contributed by atoms with Gasteiger partial charge in [-0.05, 0) is 45.7 Å². The normalized spacial score (nSPS) is 26.8. The second-order valence-corrected chi connectivity index (χ2v) is 5.49. The SMILES string of the molecule is CC(=O)C(CC1CC1)NC(=O)C1CCCN1C. The Bertz CT molecular complexity index is 313. The predicted octanol–water partition coefficient (Wildman–Crippen LogP) is 0.954. The molecule has 0 radical (unpaired) electrons. The molecule has 17 heavy (non-hydrogen) atoms. The van der Waals surface area contributed by atoms with Gasteiger partial charge >= 0.3 is 0 Å². The van der Waals surface area contributed by atoms with E-state index in [0.29, 0.717) is 5.92 Å². The maximum Gasteiger partial charge on any atom is 0.237 e. The third kappa shape index (κ3) is 3.28. The number of hydrogen-bond acceptors (Lipinski definition) is 3. The summed E-state index contributed by atoms with van der Waals surface area (Å²) in [5.41, 5.74) is 0. The Hall–Kier alpha value is -0.900. The molecule has 2 unspecified atom stereocenters. The van der Waals surface area contributed by atoms with Gasteiger partial charge in [0.15, 0.2) is 5.78 Å². The van der Waals surface area contributed by atoms with Crippen LogP contribution in [0.1, 0.15) is 39.0 Å². The average molecular weight is 238 g/mol. The van der Waals surface area contributed by atoms with Crippen LogP contribution in [0.25, 0.3) is 0 Å². The average Bonchev–Trinajstić information content (AvgIpc) is 2.97. The Kier molecular flexibility index (Phi) is 3.82. The molecule has 2 fully saturated rings. The number of hydrogen-bond donors (Lipinski definition) is 1. The van der Waals surface area contributed by atoms with E-state index < -0.39 is 0 Å². The van der Waals surface area contributed by atoms with Gasteiger partial charge in [0.25, 0.3) is 0 Å². The van der Waals surface area contributed by atoms with Gasteiger partial charge in [0.05, 0.1) is 12.1 Å². The second kappa shape index (κ2) is 5.17. The summed E-state index contributed by atoms with van der Waals surface area (Å²) < 4.78 is 0. The van der Waals surface area contributed by atoms with E-state index in [0.717, 1.165) is 25.8 Å². The molecule has 1 aliphatic carbocycles. The first-order valence-corrected chi connectivity index (χ1v) is 6.59. The van der Waals surface area contributed by atoms with Gasteiger partial charge < -0.3 is 5.32 Å². The van der Waals surface area contributed by atoms with Crippen LogP contribution in [-0.4, -0.2) is 42.3 Å². The van der Waals surface area contributed by atoms with Crippen LogP contribution in [0, 0.1) is 5.92 Å². The first-order valence-electron chi connectivity index (χ1n) is 6.59. The van der Waals surface area contributed by atoms with Crippen LogP contribution >= 0.6 is 0 Å². The molecule has 2 atom stereocenters. The zero-order valence-corrected chi connectivity index (χ0v) is 10.7. The zero-order valence-electron chi connectivity index (χ0n) is 10.7. The Balaban J connectivity index is 1.87. The largest absolute Gasteiger partial charge is 0.345 e. The van der Waals surface area contributed by atoms with Crippen molar-refractivity contribution in [2.75, 3.05) is 13.6 Å². The number of carbonyl (C=O) groups is 2. The predicted molar refractivity (Wildman–Crippen MR) is 65.6 cm³/mol. The lowest BCUT2D eigenvalue weighted by Gasteiger charge is -2.22. The Morgan fingerprint density at radius 2 is 2.06 bits per heavy atom. The monoisotopic (exact) mass is 238 g/mol. The van der Waals surface area contributed by atoms with Crippen LogP contribution in [0.15, 0.2) is 0 Å². The molecule has 2 aliphatic rings. The van der Waals surface area contributed by atoms with E-state index in [2.05, 4.69) is 10.2 Å². The number of likely N-dealkylation sites (tertiary alicyclic amines) is 1. The summed E-state index contributed by atoms with van der Waals surface area (Å²) in [6.07, 6.45) is 5.24. The number of ketones is 1. The first-order chi connectivity index (χ1) is 8.08. The fraction of sp³-hybridized carbons (Fsp3) is 0.846. The molecule has 0 spiro atoms. The molecule has 1 saturated carbocycles. The summed E-state index contributed by atoms with van der Waals surface area (Å²) in [4.78, 5) is 25.7. The smallest absolute Gasteiger partial charge is 0.237 e. The third-order valence-electron chi connectivity index (χ3n) is 3.90. The van der Waals surface area contributed by atoms with E-state index in [-0.39, 0.29) is 23.8 Å². The van der Waals surface area contributed by atoms with Crippen LogP contribution in [-0.2, 0) is 9.59 Å². The molecule has 4 nitrogen and oxygen atoms in total. The van der Waals surface area contributed by atoms with Gasteiger partial charge in [-0.2, -0.15) is 0 Å². The lowest BCUT2D eigenvalue weighted by molar-refractivity contribution is -0.129. The molecule has 96 valence electrons. The van der Waals surface area contributed by atoms with Gasteiger partial charge in [-0.25, -0.2) is 0 Å². The van der Waals surface area contributed by atoms with Crippen LogP contribution in [0.5, 0.6) is 0 Å². The van der Waals surface area contributed by atoms with Crippen LogP contribution in [0.2, 0.25) is 0 Å². The molecule has 1 heterocycles. The summed E-state index contributed by atoms with van der Waals surface area (Å²) in [6, 6.07) is -0.292. The van der Waals surface area contributed by atoms with E-state index in [1.54, 1.807) is 6.92 Å². The summed E-state index contributed by atoms with van der Waals surface area (Å²) in [6.45, 7) is 2.55. The highest BCUT2D eigenvalue weighted by molar-refractivity contribution is 5.89. The molecule has 1 N–H and O–H groups in total. The first kappa shape index (κ1) is 12.6. The Morgan fingerprint density at radius 3 is 2.53 bits per heavy atom. The number of likely N-dealkylation sites (N-methyl/N-ethyl adjacent to an activating group) is 1. The molecule has 0 bridgehead atoms. The van der Waals surface area contributed by atoms with Gasteiger partial charge in [-0.3, -0.25) is 14.5 Å². The Labute approximate surface area is 103 Å². The van der Waals surface area contributed by atoms with Crippen molar-refractivity contribution in [1.82, 2.24) is 10.2 Å². The molecule has 1 amide bonds. The fourth-order valence-electron chi connectivity index (χ4n) is 2.52. The van der Waals surface area contributed by atoms with Gasteiger partial charge in [0.1, 0.15) is 0 Å². The van der Waals surface area contributed by atoms with Crippen LogP contribution < -0.4 is 5.32 Å². The minimum absolute atomic E-state index is 0.0314. The zero-order chi connectivity index (χ0) is 12.4. The van der Waals surface area contributed by atoms with Crippen molar-refractivity contribution in [2.24, 2.45) is 5.92 Å². The van der Waals surface area contributed by atoms with E-state index in [1.807, 2.05) is 7.05 Å². The maximum absolute atomic E-state index is 12.1. The molecule has 0 aromatic carbocycles. The van der Waals surface area contributed by atoms with Gasteiger partial charge in [0, 0.05) is 0 Å². The summed E-state index contributed by atoms with van der Waals surface area (Å²) in [5, 5.41) is 2.93. The summed E-state index contributed by atoms with van der Waals surface area (Å²) in [7, 11) is 1.97. The fourth-order valence-corrected chi connectivity index (χ4v) is 2.52. The van der Waals surface area contributed by atoms with E-state index in [9.17, 15) is 9.59 Å². The van der Waals surface area contributed by atoms with Crippen LogP contribution in [0.3, 0.4) is 0 Å². The summed E-state index contributed by atoms with van der Waals surface area (Å²) >= 11 is 0. The lowest BCUT2D eigenvalue weighted by Crippen LogP contribution is -2.48. The molecular formula is C13H22N2O2. The minimum Gasteiger partial charge on any atom is -0.345 e. The van der Waals surface area contributed by atoms with E-state index in [4.69, 9.17) is 0 Å². The standard InChI is InChI=1S/C13H22N2O2/c1-9(16)11(8-10-5-6-10)14-13(17)12-4-3-7-15(12)2/h10-12H,3-8H2,1-2H3,(H,14,17). The van der Waals surface area contributed by atoms with Gasteiger partial charge in [-0.1, -0.05) is 12.8 Å². The number of Topliss-reactive ketones (excluding diaryl/α,β-unsaturated/α-hetero) is 1. The molecule has 0 aromatic heterocycles. The number of nitrogens with zero attached hydrogens (tertiary/aromatic N) is 1. The van der Waals surface area contributed by atoms with Crippen molar-refractivity contribution in [3.05, 3.63) is 0 Å². The number of carbonyl (C=O) groups excluding carboxylic acids is 2. The topological polar surface area (TPSA) is 49.4 Å². The number of rotatable bonds is 5. The molecule has 1 saturated heterocycles. The highest BCUT2D eigenvalue weighted by atomic mass is 16.2. The molecule has 4 heteroatoms. The minimum atomic E-state index is -0.260. The lowest BCUT2D eigenvalue weighted by atomic mass is 10.1. The van der Waals surface area contributed by atoms with Crippen molar-refractivity contribution in [2.45, 2.75) is 51.1 Å².